The highest BCUT2D eigenvalue weighted by molar-refractivity contribution is 7.18. The Morgan fingerprint density at radius 1 is 1.30 bits per heavy atom. The van der Waals surface area contributed by atoms with Crippen LogP contribution in [0.15, 0.2) is 22.9 Å². The molecule has 0 spiro atoms. The molecule has 0 aliphatic carbocycles. The van der Waals surface area contributed by atoms with Gasteiger partial charge in [-0.1, -0.05) is 17.7 Å². The van der Waals surface area contributed by atoms with Crippen molar-refractivity contribution in [3.8, 4) is 10.4 Å². The van der Waals surface area contributed by atoms with Crippen molar-refractivity contribution < 1.29 is 4.74 Å². The summed E-state index contributed by atoms with van der Waals surface area (Å²) in [7, 11) is 0. The number of hydrogen-bond donors (Lipinski definition) is 0. The molecule has 0 aromatic carbocycles. The maximum absolute atomic E-state index is 6.35. The Labute approximate surface area is 130 Å². The summed E-state index contributed by atoms with van der Waals surface area (Å²) < 4.78 is 5.53. The zero-order valence-electron chi connectivity index (χ0n) is 11.1. The van der Waals surface area contributed by atoms with E-state index in [9.17, 15) is 0 Å². The lowest BCUT2D eigenvalue weighted by Crippen LogP contribution is -2.05. The van der Waals surface area contributed by atoms with E-state index in [1.165, 1.54) is 4.88 Å². The van der Waals surface area contributed by atoms with Crippen molar-refractivity contribution in [2.75, 3.05) is 0 Å². The molecule has 104 valence electrons. The van der Waals surface area contributed by atoms with Crippen LogP contribution in [0.25, 0.3) is 20.7 Å². The Morgan fingerprint density at radius 3 is 2.85 bits per heavy atom. The smallest absolute Gasteiger partial charge is 0.157 e. The Morgan fingerprint density at radius 2 is 2.15 bits per heavy atom. The fraction of sp³-hybridized carbons (Fsp3) is 0.286. The first-order chi connectivity index (χ1) is 9.65. The maximum atomic E-state index is 6.35. The van der Waals surface area contributed by atoms with Crippen molar-refractivity contribution in [3.05, 3.63) is 33.9 Å². The third-order valence-corrected chi connectivity index (χ3v) is 4.82. The predicted molar refractivity (Wildman–Crippen MR) is 85.7 cm³/mol. The molecule has 0 aliphatic heterocycles. The molecule has 3 aromatic rings. The molecule has 0 aliphatic rings. The minimum absolute atomic E-state index is 0.151. The average Bonchev–Trinajstić information content (AvgIpc) is 3.04. The Kier molecular flexibility index (Phi) is 4.03. The lowest BCUT2D eigenvalue weighted by Gasteiger charge is -2.07. The SMILES string of the molecule is CC(C)OCc1nc(Cl)c2c(-c3cccs3)csc2n1. The van der Waals surface area contributed by atoms with E-state index in [0.29, 0.717) is 17.6 Å². The molecule has 3 heterocycles. The number of thiophene rings is 2. The summed E-state index contributed by atoms with van der Waals surface area (Å²) in [4.78, 5) is 11.0. The van der Waals surface area contributed by atoms with E-state index in [2.05, 4.69) is 26.8 Å². The van der Waals surface area contributed by atoms with Crippen LogP contribution < -0.4 is 0 Å². The molecular formula is C14H13ClN2OS2. The molecule has 3 nitrogen and oxygen atoms in total. The van der Waals surface area contributed by atoms with Crippen LogP contribution in [-0.2, 0) is 11.3 Å². The molecule has 0 amide bonds. The monoisotopic (exact) mass is 324 g/mol. The third-order valence-electron chi connectivity index (χ3n) is 2.77. The normalized spacial score (nSPS) is 11.6. The van der Waals surface area contributed by atoms with Crippen LogP contribution in [0.1, 0.15) is 19.7 Å². The zero-order chi connectivity index (χ0) is 14.1. The molecule has 0 atom stereocenters. The first-order valence-corrected chi connectivity index (χ1v) is 8.38. The van der Waals surface area contributed by atoms with Crippen LogP contribution in [0.2, 0.25) is 5.15 Å². The van der Waals surface area contributed by atoms with Crippen LogP contribution in [0, 0.1) is 0 Å². The van der Waals surface area contributed by atoms with Gasteiger partial charge in [0, 0.05) is 15.8 Å². The summed E-state index contributed by atoms with van der Waals surface area (Å²) in [6.45, 7) is 4.36. The fourth-order valence-electron chi connectivity index (χ4n) is 1.86. The summed E-state index contributed by atoms with van der Waals surface area (Å²) in [5.74, 6) is 0.635. The second kappa shape index (κ2) is 5.77. The molecule has 0 fully saturated rings. The van der Waals surface area contributed by atoms with Crippen molar-refractivity contribution in [3.63, 3.8) is 0 Å². The van der Waals surface area contributed by atoms with E-state index in [1.54, 1.807) is 22.7 Å². The van der Waals surface area contributed by atoms with Gasteiger partial charge < -0.3 is 4.74 Å². The molecule has 0 bridgehead atoms. The average molecular weight is 325 g/mol. The van der Waals surface area contributed by atoms with Gasteiger partial charge in [-0.15, -0.1) is 22.7 Å². The summed E-state index contributed by atoms with van der Waals surface area (Å²) in [6, 6.07) is 4.11. The molecular weight excluding hydrogens is 312 g/mol. The van der Waals surface area contributed by atoms with Gasteiger partial charge in [0.05, 0.1) is 11.5 Å². The van der Waals surface area contributed by atoms with Gasteiger partial charge in [-0.05, 0) is 25.3 Å². The number of halogens is 1. The number of aromatic nitrogens is 2. The van der Waals surface area contributed by atoms with Crippen LogP contribution in [0.5, 0.6) is 0 Å². The summed E-state index contributed by atoms with van der Waals surface area (Å²) in [5.41, 5.74) is 1.11. The van der Waals surface area contributed by atoms with Gasteiger partial charge in [0.15, 0.2) is 5.82 Å². The quantitative estimate of drug-likeness (QED) is 0.633. The lowest BCUT2D eigenvalue weighted by atomic mass is 10.2. The van der Waals surface area contributed by atoms with E-state index < -0.39 is 0 Å². The molecule has 0 N–H and O–H groups in total. The van der Waals surface area contributed by atoms with Gasteiger partial charge >= 0.3 is 0 Å². The van der Waals surface area contributed by atoms with E-state index in [1.807, 2.05) is 19.9 Å². The van der Waals surface area contributed by atoms with Gasteiger partial charge in [0.1, 0.15) is 16.6 Å². The highest BCUT2D eigenvalue weighted by atomic mass is 35.5. The highest BCUT2D eigenvalue weighted by Gasteiger charge is 2.14. The Hall–Kier alpha value is -1.01. The van der Waals surface area contributed by atoms with Gasteiger partial charge in [0.2, 0.25) is 0 Å². The van der Waals surface area contributed by atoms with Gasteiger partial charge in [-0.3, -0.25) is 0 Å². The van der Waals surface area contributed by atoms with E-state index in [-0.39, 0.29) is 6.10 Å². The molecule has 3 rings (SSSR count). The molecule has 0 saturated heterocycles. The lowest BCUT2D eigenvalue weighted by molar-refractivity contribution is 0.0615. The van der Waals surface area contributed by atoms with Crippen molar-refractivity contribution in [1.82, 2.24) is 9.97 Å². The van der Waals surface area contributed by atoms with Crippen LogP contribution in [0.4, 0.5) is 0 Å². The van der Waals surface area contributed by atoms with Crippen molar-refractivity contribution >= 4 is 44.5 Å². The largest absolute Gasteiger partial charge is 0.371 e. The van der Waals surface area contributed by atoms with E-state index >= 15 is 0 Å². The summed E-state index contributed by atoms with van der Waals surface area (Å²) in [5, 5.41) is 5.58. The van der Waals surface area contributed by atoms with Crippen LogP contribution in [-0.4, -0.2) is 16.1 Å². The van der Waals surface area contributed by atoms with Crippen molar-refractivity contribution in [1.29, 1.82) is 0 Å². The maximum Gasteiger partial charge on any atom is 0.157 e. The predicted octanol–water partition coefficient (Wildman–Crippen LogP) is 5.00. The van der Waals surface area contributed by atoms with Crippen molar-refractivity contribution in [2.45, 2.75) is 26.6 Å². The second-order valence-electron chi connectivity index (χ2n) is 4.60. The third kappa shape index (κ3) is 2.72. The van der Waals surface area contributed by atoms with Crippen molar-refractivity contribution in [2.24, 2.45) is 0 Å². The summed E-state index contributed by atoms with van der Waals surface area (Å²) in [6.07, 6.45) is 0.151. The van der Waals surface area contributed by atoms with Crippen LogP contribution in [0.3, 0.4) is 0 Å². The number of fused-ring (bicyclic) bond motifs is 1. The molecule has 20 heavy (non-hydrogen) atoms. The molecule has 0 saturated carbocycles. The first kappa shape index (κ1) is 13.9. The van der Waals surface area contributed by atoms with Crippen LogP contribution >= 0.6 is 34.3 Å². The first-order valence-electron chi connectivity index (χ1n) is 6.24. The standard InChI is InChI=1S/C14H13ClN2OS2/c1-8(2)18-6-11-16-13(15)12-9(7-20-14(12)17-11)10-4-3-5-19-10/h3-5,7-8H,6H2,1-2H3. The Bertz CT molecular complexity index is 722. The number of nitrogens with zero attached hydrogens (tertiary/aromatic N) is 2. The molecule has 6 heteroatoms. The topological polar surface area (TPSA) is 35.0 Å². The number of rotatable bonds is 4. The number of ether oxygens (including phenoxy) is 1. The van der Waals surface area contributed by atoms with E-state index in [4.69, 9.17) is 16.3 Å². The highest BCUT2D eigenvalue weighted by Crippen LogP contribution is 2.38. The molecule has 0 unspecified atom stereocenters. The van der Waals surface area contributed by atoms with Gasteiger partial charge in [0.25, 0.3) is 0 Å². The number of hydrogen-bond acceptors (Lipinski definition) is 5. The Balaban J connectivity index is 2.03. The van der Waals surface area contributed by atoms with Gasteiger partial charge in [-0.25, -0.2) is 9.97 Å². The summed E-state index contributed by atoms with van der Waals surface area (Å²) >= 11 is 9.63. The second-order valence-corrected chi connectivity index (χ2v) is 6.76. The molecule has 0 radical (unpaired) electrons. The zero-order valence-corrected chi connectivity index (χ0v) is 13.5. The minimum Gasteiger partial charge on any atom is -0.371 e. The van der Waals surface area contributed by atoms with Gasteiger partial charge in [-0.2, -0.15) is 0 Å². The van der Waals surface area contributed by atoms with E-state index in [0.717, 1.165) is 15.8 Å². The molecule has 3 aromatic heterocycles. The minimum atomic E-state index is 0.151. The fourth-order valence-corrected chi connectivity index (χ4v) is 3.98.